The first-order valence-electron chi connectivity index (χ1n) is 5.41. The van der Waals surface area contributed by atoms with Crippen molar-refractivity contribution in [2.75, 3.05) is 6.54 Å². The van der Waals surface area contributed by atoms with Crippen molar-refractivity contribution in [3.05, 3.63) is 16.6 Å². The van der Waals surface area contributed by atoms with Crippen molar-refractivity contribution in [3.63, 3.8) is 0 Å². The number of thiazole rings is 1. The summed E-state index contributed by atoms with van der Waals surface area (Å²) in [6, 6.07) is 0.296. The van der Waals surface area contributed by atoms with Crippen molar-refractivity contribution < 1.29 is 9.90 Å². The van der Waals surface area contributed by atoms with Crippen LogP contribution in [0.4, 0.5) is 0 Å². The van der Waals surface area contributed by atoms with Gasteiger partial charge in [0.1, 0.15) is 0 Å². The van der Waals surface area contributed by atoms with Gasteiger partial charge in [-0.3, -0.25) is 9.69 Å². The van der Waals surface area contributed by atoms with Gasteiger partial charge in [-0.2, -0.15) is 0 Å². The van der Waals surface area contributed by atoms with Crippen LogP contribution in [0.25, 0.3) is 0 Å². The number of hydrogen-bond donors (Lipinski definition) is 1. The van der Waals surface area contributed by atoms with Crippen LogP contribution in [0.2, 0.25) is 0 Å². The summed E-state index contributed by atoms with van der Waals surface area (Å²) in [6.45, 7) is 6.18. The molecule has 2 atom stereocenters. The van der Waals surface area contributed by atoms with Gasteiger partial charge in [0.25, 0.3) is 0 Å². The smallest absolute Gasteiger partial charge is 0.317 e. The lowest BCUT2D eigenvalue weighted by molar-refractivity contribution is -0.139. The average molecular weight is 242 g/mol. The van der Waals surface area contributed by atoms with Gasteiger partial charge in [0.05, 0.1) is 23.8 Å². The molecule has 4 nitrogen and oxygen atoms in total. The second kappa shape index (κ2) is 5.96. The number of rotatable bonds is 6. The third kappa shape index (κ3) is 3.28. The fraction of sp³-hybridized carbons (Fsp3) is 0.636. The zero-order chi connectivity index (χ0) is 12.1. The van der Waals surface area contributed by atoms with E-state index in [1.807, 2.05) is 24.1 Å². The quantitative estimate of drug-likeness (QED) is 0.832. The molecule has 0 radical (unpaired) electrons. The van der Waals surface area contributed by atoms with Crippen LogP contribution in [0, 0.1) is 0 Å². The molecular weight excluding hydrogens is 224 g/mol. The summed E-state index contributed by atoms with van der Waals surface area (Å²) in [5.74, 6) is -0.789. The fourth-order valence-corrected chi connectivity index (χ4v) is 2.30. The lowest BCUT2D eigenvalue weighted by Gasteiger charge is -2.31. The molecule has 1 rings (SSSR count). The van der Waals surface area contributed by atoms with E-state index in [4.69, 9.17) is 5.11 Å². The van der Waals surface area contributed by atoms with Crippen molar-refractivity contribution in [1.82, 2.24) is 9.88 Å². The summed E-state index contributed by atoms with van der Waals surface area (Å²) in [5, 5.41) is 10.9. The van der Waals surface area contributed by atoms with Crippen molar-refractivity contribution in [2.24, 2.45) is 0 Å². The van der Waals surface area contributed by atoms with E-state index in [-0.39, 0.29) is 18.6 Å². The van der Waals surface area contributed by atoms with Crippen LogP contribution in [0.15, 0.2) is 10.9 Å². The van der Waals surface area contributed by atoms with E-state index >= 15 is 0 Å². The molecule has 0 aliphatic rings. The Bertz CT molecular complexity index is 327. The number of nitrogens with zero attached hydrogens (tertiary/aromatic N) is 2. The Hall–Kier alpha value is -0.940. The summed E-state index contributed by atoms with van der Waals surface area (Å²) in [4.78, 5) is 17.1. The van der Waals surface area contributed by atoms with Crippen LogP contribution in [0.3, 0.4) is 0 Å². The van der Waals surface area contributed by atoms with E-state index in [1.165, 1.54) is 11.3 Å². The van der Waals surface area contributed by atoms with E-state index < -0.39 is 5.97 Å². The molecule has 0 spiro atoms. The molecule has 90 valence electrons. The highest BCUT2D eigenvalue weighted by atomic mass is 32.1. The Morgan fingerprint density at radius 3 is 2.75 bits per heavy atom. The lowest BCUT2D eigenvalue weighted by atomic mass is 10.1. The molecular formula is C11H18N2O2S. The largest absolute Gasteiger partial charge is 0.480 e. The second-order valence-corrected chi connectivity index (χ2v) is 4.63. The maximum Gasteiger partial charge on any atom is 0.317 e. The Morgan fingerprint density at radius 2 is 2.31 bits per heavy atom. The molecule has 1 N–H and O–H groups in total. The normalized spacial score (nSPS) is 15.0. The molecule has 1 heterocycles. The molecule has 0 aromatic carbocycles. The highest BCUT2D eigenvalue weighted by Gasteiger charge is 2.23. The van der Waals surface area contributed by atoms with E-state index in [0.717, 1.165) is 12.1 Å². The van der Waals surface area contributed by atoms with Crippen LogP contribution in [-0.2, 0) is 4.79 Å². The monoisotopic (exact) mass is 242 g/mol. The predicted molar refractivity (Wildman–Crippen MR) is 64.6 cm³/mol. The maximum absolute atomic E-state index is 10.8. The molecule has 0 saturated carbocycles. The zero-order valence-corrected chi connectivity index (χ0v) is 10.7. The predicted octanol–water partition coefficient (Wildman–Crippen LogP) is 2.39. The molecule has 5 heteroatoms. The first kappa shape index (κ1) is 13.1. The van der Waals surface area contributed by atoms with Crippen LogP contribution in [0.1, 0.15) is 38.9 Å². The van der Waals surface area contributed by atoms with Gasteiger partial charge in [0.2, 0.25) is 0 Å². The molecule has 1 aromatic heterocycles. The number of aromatic nitrogens is 1. The van der Waals surface area contributed by atoms with Crippen LogP contribution in [-0.4, -0.2) is 33.5 Å². The third-order valence-electron chi connectivity index (χ3n) is 2.85. The summed E-state index contributed by atoms with van der Waals surface area (Å²) < 4.78 is 0. The van der Waals surface area contributed by atoms with Gasteiger partial charge in [-0.15, -0.1) is 11.3 Å². The number of aliphatic carboxylic acids is 1. The van der Waals surface area contributed by atoms with Crippen molar-refractivity contribution in [1.29, 1.82) is 0 Å². The van der Waals surface area contributed by atoms with Gasteiger partial charge in [-0.05, 0) is 20.3 Å². The van der Waals surface area contributed by atoms with Gasteiger partial charge < -0.3 is 5.11 Å². The van der Waals surface area contributed by atoms with Gasteiger partial charge in [0.15, 0.2) is 0 Å². The van der Waals surface area contributed by atoms with Crippen LogP contribution >= 0.6 is 11.3 Å². The first-order chi connectivity index (χ1) is 7.56. The van der Waals surface area contributed by atoms with Crippen molar-refractivity contribution in [2.45, 2.75) is 39.3 Å². The Morgan fingerprint density at radius 1 is 1.62 bits per heavy atom. The number of carbonyl (C=O) groups is 1. The Labute approximate surface area is 99.9 Å². The molecule has 0 aliphatic heterocycles. The van der Waals surface area contributed by atoms with Crippen LogP contribution in [0.5, 0.6) is 0 Å². The summed E-state index contributed by atoms with van der Waals surface area (Å²) in [6.07, 6.45) is 0.932. The zero-order valence-electron chi connectivity index (χ0n) is 9.88. The van der Waals surface area contributed by atoms with Gasteiger partial charge in [-0.1, -0.05) is 6.92 Å². The minimum atomic E-state index is -0.789. The van der Waals surface area contributed by atoms with Crippen molar-refractivity contribution in [3.8, 4) is 0 Å². The average Bonchev–Trinajstić information content (AvgIpc) is 2.77. The number of carboxylic acids is 1. The number of carboxylic acid groups (broad SMARTS) is 1. The summed E-state index contributed by atoms with van der Waals surface area (Å²) in [7, 11) is 0. The first-order valence-corrected chi connectivity index (χ1v) is 6.36. The lowest BCUT2D eigenvalue weighted by Crippen LogP contribution is -2.39. The van der Waals surface area contributed by atoms with Crippen molar-refractivity contribution >= 4 is 17.3 Å². The highest BCUT2D eigenvalue weighted by Crippen LogP contribution is 2.22. The topological polar surface area (TPSA) is 53.4 Å². The third-order valence-corrected chi connectivity index (χ3v) is 3.46. The molecule has 0 aliphatic carbocycles. The van der Waals surface area contributed by atoms with Gasteiger partial charge in [0, 0.05) is 11.4 Å². The van der Waals surface area contributed by atoms with E-state index in [9.17, 15) is 4.79 Å². The minimum absolute atomic E-state index is 0.0531. The summed E-state index contributed by atoms with van der Waals surface area (Å²) >= 11 is 1.54. The molecule has 1 aromatic rings. The van der Waals surface area contributed by atoms with Gasteiger partial charge in [-0.25, -0.2) is 4.98 Å². The minimum Gasteiger partial charge on any atom is -0.480 e. The maximum atomic E-state index is 10.8. The Balaban J connectivity index is 2.79. The molecule has 0 amide bonds. The molecule has 0 saturated heterocycles. The van der Waals surface area contributed by atoms with E-state index in [0.29, 0.717) is 0 Å². The standard InChI is InChI=1S/C11H18N2O2S/c1-4-8(2)13(5-11(14)15)9(3)10-6-16-7-12-10/h6-9H,4-5H2,1-3H3,(H,14,15). The molecule has 0 bridgehead atoms. The summed E-state index contributed by atoms with van der Waals surface area (Å²) in [5.41, 5.74) is 2.73. The number of hydrogen-bond acceptors (Lipinski definition) is 4. The van der Waals surface area contributed by atoms with Crippen LogP contribution < -0.4 is 0 Å². The highest BCUT2D eigenvalue weighted by molar-refractivity contribution is 7.07. The van der Waals surface area contributed by atoms with E-state index in [1.54, 1.807) is 5.51 Å². The molecule has 16 heavy (non-hydrogen) atoms. The Kier molecular flexibility index (Phi) is 4.89. The fourth-order valence-electron chi connectivity index (χ4n) is 1.66. The van der Waals surface area contributed by atoms with E-state index in [2.05, 4.69) is 11.9 Å². The molecule has 0 fully saturated rings. The SMILES string of the molecule is CCC(C)N(CC(=O)O)C(C)c1cscn1. The second-order valence-electron chi connectivity index (χ2n) is 3.91. The molecule has 2 unspecified atom stereocenters. The van der Waals surface area contributed by atoms with Gasteiger partial charge >= 0.3 is 5.97 Å².